The van der Waals surface area contributed by atoms with Gasteiger partial charge >= 0.3 is 12.0 Å². The Morgan fingerprint density at radius 3 is 2.70 bits per heavy atom. The predicted octanol–water partition coefficient (Wildman–Crippen LogP) is 1.32. The van der Waals surface area contributed by atoms with Crippen molar-refractivity contribution in [2.24, 2.45) is 0 Å². The molecule has 0 aromatic carbocycles. The van der Waals surface area contributed by atoms with Crippen molar-refractivity contribution in [2.45, 2.75) is 24.7 Å². The standard InChI is InChI=1S/C11H16N2O5S2/c1-3-4-6-12-11(15)13-20(16,17)8-5-7-19-9(8)10(14)18-2/h5,7H,3-4,6H2,1-2H3,(H2,12,13,15). The van der Waals surface area contributed by atoms with Crippen molar-refractivity contribution < 1.29 is 22.7 Å². The van der Waals surface area contributed by atoms with Crippen LogP contribution in [0.15, 0.2) is 16.3 Å². The van der Waals surface area contributed by atoms with Gasteiger partial charge in [0.15, 0.2) is 0 Å². The second kappa shape index (κ2) is 7.25. The Morgan fingerprint density at radius 1 is 1.40 bits per heavy atom. The average Bonchev–Trinajstić information content (AvgIpc) is 2.87. The van der Waals surface area contributed by atoms with Crippen molar-refractivity contribution in [1.82, 2.24) is 10.0 Å². The molecule has 9 heteroatoms. The van der Waals surface area contributed by atoms with Crippen LogP contribution in [0.2, 0.25) is 0 Å². The van der Waals surface area contributed by atoms with Crippen molar-refractivity contribution in [1.29, 1.82) is 0 Å². The lowest BCUT2D eigenvalue weighted by atomic mass is 10.3. The Morgan fingerprint density at radius 2 is 2.10 bits per heavy atom. The van der Waals surface area contributed by atoms with Gasteiger partial charge in [-0.25, -0.2) is 22.7 Å². The van der Waals surface area contributed by atoms with Gasteiger partial charge in [-0.05, 0) is 17.9 Å². The van der Waals surface area contributed by atoms with Gasteiger partial charge in [0.25, 0.3) is 10.0 Å². The van der Waals surface area contributed by atoms with Crippen molar-refractivity contribution in [3.8, 4) is 0 Å². The Balaban J connectivity index is 2.82. The van der Waals surface area contributed by atoms with Gasteiger partial charge < -0.3 is 10.1 Å². The summed E-state index contributed by atoms with van der Waals surface area (Å²) in [5, 5.41) is 3.86. The van der Waals surface area contributed by atoms with E-state index >= 15 is 0 Å². The SMILES string of the molecule is CCCCNC(=O)NS(=O)(=O)c1ccsc1C(=O)OC. The largest absolute Gasteiger partial charge is 0.465 e. The fourth-order valence-electron chi connectivity index (χ4n) is 1.34. The number of urea groups is 1. The molecule has 1 rings (SSSR count). The van der Waals surface area contributed by atoms with Crippen LogP contribution in [0.3, 0.4) is 0 Å². The third-order valence-electron chi connectivity index (χ3n) is 2.33. The van der Waals surface area contributed by atoms with Crippen LogP contribution in [0, 0.1) is 0 Å². The van der Waals surface area contributed by atoms with E-state index < -0.39 is 22.0 Å². The van der Waals surface area contributed by atoms with Gasteiger partial charge in [-0.2, -0.15) is 0 Å². The first-order valence-electron chi connectivity index (χ1n) is 5.88. The van der Waals surface area contributed by atoms with Gasteiger partial charge in [0, 0.05) is 6.54 Å². The van der Waals surface area contributed by atoms with Gasteiger partial charge in [0.05, 0.1) is 7.11 Å². The van der Waals surface area contributed by atoms with E-state index in [0.717, 1.165) is 31.3 Å². The van der Waals surface area contributed by atoms with Gasteiger partial charge in [-0.3, -0.25) is 0 Å². The highest BCUT2D eigenvalue weighted by molar-refractivity contribution is 7.90. The predicted molar refractivity (Wildman–Crippen MR) is 74.3 cm³/mol. The highest BCUT2D eigenvalue weighted by atomic mass is 32.2. The Bertz CT molecular complexity index is 579. The van der Waals surface area contributed by atoms with Crippen molar-refractivity contribution >= 4 is 33.4 Å². The summed E-state index contributed by atoms with van der Waals surface area (Å²) >= 11 is 0.932. The number of carbonyl (C=O) groups is 2. The van der Waals surface area contributed by atoms with Gasteiger partial charge in [0.2, 0.25) is 0 Å². The number of esters is 1. The molecule has 0 radical (unpaired) electrons. The van der Waals surface area contributed by atoms with Crippen LogP contribution >= 0.6 is 11.3 Å². The summed E-state index contributed by atoms with van der Waals surface area (Å²) in [6.45, 7) is 2.33. The maximum atomic E-state index is 12.0. The van der Waals surface area contributed by atoms with Gasteiger partial charge in [-0.1, -0.05) is 13.3 Å². The minimum Gasteiger partial charge on any atom is -0.465 e. The number of amides is 2. The van der Waals surface area contributed by atoms with Crippen molar-refractivity contribution in [3.63, 3.8) is 0 Å². The minimum absolute atomic E-state index is 0.0682. The molecule has 0 atom stereocenters. The second-order valence-corrected chi connectivity index (χ2v) is 6.39. The zero-order chi connectivity index (χ0) is 15.2. The fourth-order valence-corrected chi connectivity index (χ4v) is 3.61. The van der Waals surface area contributed by atoms with E-state index in [-0.39, 0.29) is 9.77 Å². The van der Waals surface area contributed by atoms with E-state index in [9.17, 15) is 18.0 Å². The molecule has 0 aliphatic heterocycles. The number of methoxy groups -OCH3 is 1. The molecule has 1 aromatic rings. The summed E-state index contributed by atoms with van der Waals surface area (Å²) in [5.41, 5.74) is 0. The molecule has 112 valence electrons. The number of ether oxygens (including phenoxy) is 1. The molecule has 0 unspecified atom stereocenters. The maximum Gasteiger partial charge on any atom is 0.349 e. The zero-order valence-corrected chi connectivity index (χ0v) is 12.8. The number of sulfonamides is 1. The third kappa shape index (κ3) is 4.20. The molecular weight excluding hydrogens is 304 g/mol. The first-order chi connectivity index (χ1) is 9.42. The van der Waals surface area contributed by atoms with Crippen LogP contribution in [-0.2, 0) is 14.8 Å². The number of unbranched alkanes of at least 4 members (excludes halogenated alkanes) is 1. The van der Waals surface area contributed by atoms with E-state index in [4.69, 9.17) is 0 Å². The second-order valence-electron chi connectivity index (χ2n) is 3.82. The summed E-state index contributed by atoms with van der Waals surface area (Å²) < 4.78 is 30.4. The molecule has 0 saturated heterocycles. The number of hydrogen-bond donors (Lipinski definition) is 2. The molecule has 2 N–H and O–H groups in total. The van der Waals surface area contributed by atoms with Crippen LogP contribution in [0.25, 0.3) is 0 Å². The number of carbonyl (C=O) groups excluding carboxylic acids is 2. The van der Waals surface area contributed by atoms with Crippen LogP contribution < -0.4 is 10.0 Å². The van der Waals surface area contributed by atoms with E-state index in [2.05, 4.69) is 10.1 Å². The molecule has 0 bridgehead atoms. The highest BCUT2D eigenvalue weighted by Crippen LogP contribution is 2.22. The first kappa shape index (κ1) is 16.4. The molecule has 20 heavy (non-hydrogen) atoms. The van der Waals surface area contributed by atoms with Crippen molar-refractivity contribution in [3.05, 3.63) is 16.3 Å². The van der Waals surface area contributed by atoms with Gasteiger partial charge in [-0.15, -0.1) is 11.3 Å². The molecule has 0 saturated carbocycles. The molecule has 0 fully saturated rings. The third-order valence-corrected chi connectivity index (χ3v) is 4.73. The molecule has 1 aromatic heterocycles. The quantitative estimate of drug-likeness (QED) is 0.608. The molecule has 0 aliphatic rings. The maximum absolute atomic E-state index is 12.0. The Kier molecular flexibility index (Phi) is 5.96. The molecule has 1 heterocycles. The topological polar surface area (TPSA) is 102 Å². The van der Waals surface area contributed by atoms with E-state index in [1.54, 1.807) is 0 Å². The Hall–Kier alpha value is -1.61. The smallest absolute Gasteiger partial charge is 0.349 e. The lowest BCUT2D eigenvalue weighted by Crippen LogP contribution is -2.40. The minimum atomic E-state index is -4.09. The summed E-state index contributed by atoms with van der Waals surface area (Å²) in [7, 11) is -2.94. The lowest BCUT2D eigenvalue weighted by Gasteiger charge is -2.08. The number of hydrogen-bond acceptors (Lipinski definition) is 6. The van der Waals surface area contributed by atoms with Crippen LogP contribution in [0.5, 0.6) is 0 Å². The summed E-state index contributed by atoms with van der Waals surface area (Å²) in [4.78, 5) is 22.6. The molecule has 0 aliphatic carbocycles. The van der Waals surface area contributed by atoms with Crippen LogP contribution in [0.1, 0.15) is 29.4 Å². The summed E-state index contributed by atoms with van der Waals surface area (Å²) in [5.74, 6) is -0.758. The number of nitrogens with one attached hydrogen (secondary N) is 2. The van der Waals surface area contributed by atoms with Crippen molar-refractivity contribution in [2.75, 3.05) is 13.7 Å². The van der Waals surface area contributed by atoms with E-state index in [1.807, 2.05) is 11.6 Å². The zero-order valence-electron chi connectivity index (χ0n) is 11.1. The molecule has 2 amide bonds. The van der Waals surface area contributed by atoms with Crippen LogP contribution in [0.4, 0.5) is 4.79 Å². The summed E-state index contributed by atoms with van der Waals surface area (Å²) in [6, 6.07) is 0.430. The highest BCUT2D eigenvalue weighted by Gasteiger charge is 2.26. The van der Waals surface area contributed by atoms with E-state index in [1.165, 1.54) is 11.4 Å². The lowest BCUT2D eigenvalue weighted by molar-refractivity contribution is 0.0602. The number of thiophene rings is 1. The molecule has 7 nitrogen and oxygen atoms in total. The van der Waals surface area contributed by atoms with Gasteiger partial charge in [0.1, 0.15) is 9.77 Å². The normalized spacial score (nSPS) is 10.9. The number of rotatable bonds is 6. The molecule has 0 spiro atoms. The average molecular weight is 320 g/mol. The van der Waals surface area contributed by atoms with Crippen LogP contribution in [-0.4, -0.2) is 34.1 Å². The molecular formula is C11H16N2O5S2. The summed E-state index contributed by atoms with van der Waals surface area (Å²) in [6.07, 6.45) is 1.63. The first-order valence-corrected chi connectivity index (χ1v) is 8.25. The Labute approximate surface area is 121 Å². The monoisotopic (exact) mass is 320 g/mol. The fraction of sp³-hybridized carbons (Fsp3) is 0.455. The van der Waals surface area contributed by atoms with E-state index in [0.29, 0.717) is 6.54 Å².